The van der Waals surface area contributed by atoms with E-state index in [4.69, 9.17) is 34.2 Å². The number of nitrogens with one attached hydrogen (secondary N) is 2. The highest BCUT2D eigenvalue weighted by Crippen LogP contribution is 2.28. The van der Waals surface area contributed by atoms with Crippen molar-refractivity contribution in [1.29, 1.82) is 0 Å². The molecule has 2 atom stereocenters. The molecule has 14 nitrogen and oxygen atoms in total. The van der Waals surface area contributed by atoms with Crippen LogP contribution in [0.1, 0.15) is 44.9 Å². The van der Waals surface area contributed by atoms with Gasteiger partial charge in [-0.25, -0.2) is 4.98 Å². The molecular weight excluding hydrogens is 666 g/mol. The van der Waals surface area contributed by atoms with Crippen LogP contribution >= 0.6 is 11.3 Å². The number of nitrogens with zero attached hydrogens (tertiary/aromatic N) is 2. The van der Waals surface area contributed by atoms with Crippen molar-refractivity contribution in [3.8, 4) is 10.4 Å². The van der Waals surface area contributed by atoms with E-state index >= 15 is 0 Å². The molecule has 0 bridgehead atoms. The van der Waals surface area contributed by atoms with Gasteiger partial charge in [0.1, 0.15) is 18.7 Å². The first-order valence-electron chi connectivity index (χ1n) is 17.1. The zero-order valence-electron chi connectivity index (χ0n) is 29.9. The molecule has 1 fully saturated rings. The third kappa shape index (κ3) is 14.7. The minimum Gasteiger partial charge on any atom is -0.377 e. The molecule has 2 heterocycles. The van der Waals surface area contributed by atoms with Gasteiger partial charge in [-0.3, -0.25) is 14.4 Å². The van der Waals surface area contributed by atoms with Crippen molar-refractivity contribution >= 4 is 29.1 Å². The number of carbonyl (C=O) groups excluding carboxylic acids is 3. The van der Waals surface area contributed by atoms with Crippen LogP contribution in [0.4, 0.5) is 0 Å². The van der Waals surface area contributed by atoms with Crippen LogP contribution in [0.25, 0.3) is 10.4 Å². The SMILES string of the molecule is Cc1ncsc1-c1ccc(CNC(=O)C2CCCN2C(=O)C(NC(=O)COCCOCCOCCOCCOCCOCN)C(C)(C)C)cc1. The van der Waals surface area contributed by atoms with E-state index in [2.05, 4.69) is 15.6 Å². The van der Waals surface area contributed by atoms with E-state index in [1.54, 1.807) is 16.2 Å². The lowest BCUT2D eigenvalue weighted by Gasteiger charge is -2.35. The summed E-state index contributed by atoms with van der Waals surface area (Å²) in [7, 11) is 0. The molecule has 1 aliphatic rings. The highest BCUT2D eigenvalue weighted by atomic mass is 32.1. The van der Waals surface area contributed by atoms with Crippen molar-refractivity contribution in [2.75, 3.05) is 86.0 Å². The Hall–Kier alpha value is -3.02. The first-order valence-corrected chi connectivity index (χ1v) is 18.0. The van der Waals surface area contributed by atoms with Gasteiger partial charge < -0.3 is 49.7 Å². The fourth-order valence-electron chi connectivity index (χ4n) is 5.23. The molecule has 15 heteroatoms. The summed E-state index contributed by atoms with van der Waals surface area (Å²) in [6.07, 6.45) is 1.28. The van der Waals surface area contributed by atoms with Gasteiger partial charge in [-0.15, -0.1) is 11.3 Å². The van der Waals surface area contributed by atoms with Crippen molar-refractivity contribution in [1.82, 2.24) is 20.5 Å². The molecule has 1 aromatic carbocycles. The van der Waals surface area contributed by atoms with Crippen LogP contribution in [-0.2, 0) is 49.3 Å². The highest BCUT2D eigenvalue weighted by Gasteiger charge is 2.41. The quantitative estimate of drug-likeness (QED) is 0.107. The molecule has 1 aromatic heterocycles. The summed E-state index contributed by atoms with van der Waals surface area (Å²) in [6.45, 7) is 12.5. The van der Waals surface area contributed by atoms with Crippen molar-refractivity contribution in [2.45, 2.75) is 59.2 Å². The van der Waals surface area contributed by atoms with Crippen LogP contribution in [0.15, 0.2) is 29.8 Å². The molecule has 2 unspecified atom stereocenters. The fraction of sp³-hybridized carbons (Fsp3) is 0.657. The Labute approximate surface area is 299 Å². The number of rotatable bonds is 24. The number of aromatic nitrogens is 1. The second-order valence-corrected chi connectivity index (χ2v) is 13.7. The largest absolute Gasteiger partial charge is 0.377 e. The standard InChI is InChI=1S/C35H55N5O9S/c1-26-31(50-25-38-26)28-9-7-27(8-10-28)22-37-33(42)29-6-5-11-40(29)34(43)32(35(2,3)4)39-30(41)23-48-20-18-46-16-14-44-12-13-45-15-17-47-19-21-49-24-36/h7-10,25,29,32H,5-6,11-24,36H2,1-4H3,(H,37,42)(H,39,41). The van der Waals surface area contributed by atoms with E-state index in [1.807, 2.05) is 57.5 Å². The summed E-state index contributed by atoms with van der Waals surface area (Å²) in [6, 6.07) is 6.61. The van der Waals surface area contributed by atoms with Gasteiger partial charge in [0.25, 0.3) is 0 Å². The zero-order valence-corrected chi connectivity index (χ0v) is 30.7. The summed E-state index contributed by atoms with van der Waals surface area (Å²) in [4.78, 5) is 46.8. The van der Waals surface area contributed by atoms with Crippen LogP contribution < -0.4 is 16.4 Å². The molecule has 3 amide bonds. The Bertz CT molecular complexity index is 1290. The molecule has 3 rings (SSSR count). The number of carbonyl (C=O) groups is 3. The Kier molecular flexibility index (Phi) is 18.8. The average molecular weight is 722 g/mol. The van der Waals surface area contributed by atoms with Crippen LogP contribution in [0.5, 0.6) is 0 Å². The predicted octanol–water partition coefficient (Wildman–Crippen LogP) is 2.27. The minimum absolute atomic E-state index is 0.185. The number of hydrogen-bond acceptors (Lipinski definition) is 12. The Morgan fingerprint density at radius 2 is 1.46 bits per heavy atom. The summed E-state index contributed by atoms with van der Waals surface area (Å²) < 4.78 is 32.1. The fourth-order valence-corrected chi connectivity index (χ4v) is 6.04. The molecule has 0 saturated carbocycles. The van der Waals surface area contributed by atoms with Crippen molar-refractivity contribution in [3.05, 3.63) is 41.0 Å². The molecular formula is C35H55N5O9S. The Morgan fingerprint density at radius 3 is 1.98 bits per heavy atom. The smallest absolute Gasteiger partial charge is 0.246 e. The van der Waals surface area contributed by atoms with Gasteiger partial charge in [0.2, 0.25) is 17.7 Å². The van der Waals surface area contributed by atoms with Crippen LogP contribution in [0.2, 0.25) is 0 Å². The summed E-state index contributed by atoms with van der Waals surface area (Å²) in [5.74, 6) is -0.887. The number of ether oxygens (including phenoxy) is 6. The number of hydrogen-bond donors (Lipinski definition) is 3. The average Bonchev–Trinajstić information content (AvgIpc) is 3.76. The third-order valence-electron chi connectivity index (χ3n) is 7.90. The second-order valence-electron chi connectivity index (χ2n) is 12.8. The number of thiazole rings is 1. The zero-order chi connectivity index (χ0) is 36.2. The predicted molar refractivity (Wildman–Crippen MR) is 189 cm³/mol. The molecule has 1 saturated heterocycles. The van der Waals surface area contributed by atoms with Crippen molar-refractivity contribution in [3.63, 3.8) is 0 Å². The number of amides is 3. The first kappa shape index (κ1) is 41.4. The summed E-state index contributed by atoms with van der Waals surface area (Å²) >= 11 is 1.60. The maximum absolute atomic E-state index is 13.8. The molecule has 0 aliphatic carbocycles. The second kappa shape index (κ2) is 22.7. The lowest BCUT2D eigenvalue weighted by molar-refractivity contribution is -0.144. The highest BCUT2D eigenvalue weighted by molar-refractivity contribution is 7.13. The molecule has 1 aliphatic heterocycles. The van der Waals surface area contributed by atoms with Crippen LogP contribution in [-0.4, -0.2) is 126 Å². The molecule has 2 aromatic rings. The normalized spacial score (nSPS) is 15.3. The molecule has 280 valence electrons. The molecule has 50 heavy (non-hydrogen) atoms. The Balaban J connectivity index is 1.31. The van der Waals surface area contributed by atoms with Gasteiger partial charge in [0, 0.05) is 13.1 Å². The van der Waals surface area contributed by atoms with E-state index < -0.39 is 23.4 Å². The molecule has 0 spiro atoms. The molecule has 0 radical (unpaired) electrons. The number of nitrogens with two attached hydrogens (primary N) is 1. The third-order valence-corrected chi connectivity index (χ3v) is 8.87. The van der Waals surface area contributed by atoms with Crippen LogP contribution in [0, 0.1) is 12.3 Å². The number of benzene rings is 1. The van der Waals surface area contributed by atoms with Gasteiger partial charge in [-0.1, -0.05) is 45.0 Å². The van der Waals surface area contributed by atoms with E-state index in [0.717, 1.165) is 21.7 Å². The number of likely N-dealkylation sites (tertiary alicyclic amines) is 1. The monoisotopic (exact) mass is 721 g/mol. The van der Waals surface area contributed by atoms with Crippen molar-refractivity contribution in [2.24, 2.45) is 11.1 Å². The maximum atomic E-state index is 13.8. The van der Waals surface area contributed by atoms with Gasteiger partial charge >= 0.3 is 0 Å². The topological polar surface area (TPSA) is 173 Å². The van der Waals surface area contributed by atoms with Gasteiger partial charge in [0.15, 0.2) is 0 Å². The van der Waals surface area contributed by atoms with E-state index in [1.165, 1.54) is 0 Å². The van der Waals surface area contributed by atoms with Gasteiger partial charge in [-0.2, -0.15) is 0 Å². The van der Waals surface area contributed by atoms with E-state index in [-0.39, 0.29) is 31.8 Å². The summed E-state index contributed by atoms with van der Waals surface area (Å²) in [5, 5.41) is 5.84. The maximum Gasteiger partial charge on any atom is 0.246 e. The molecule has 4 N–H and O–H groups in total. The van der Waals surface area contributed by atoms with E-state index in [9.17, 15) is 14.4 Å². The number of aryl methyl sites for hydroxylation is 1. The summed E-state index contributed by atoms with van der Waals surface area (Å²) in [5.41, 5.74) is 9.51. The van der Waals surface area contributed by atoms with E-state index in [0.29, 0.717) is 85.4 Å². The lowest BCUT2D eigenvalue weighted by Crippen LogP contribution is -2.58. The lowest BCUT2D eigenvalue weighted by atomic mass is 9.85. The Morgan fingerprint density at radius 1 is 0.900 bits per heavy atom. The van der Waals surface area contributed by atoms with Gasteiger partial charge in [-0.05, 0) is 36.3 Å². The minimum atomic E-state index is -0.824. The van der Waals surface area contributed by atoms with Crippen molar-refractivity contribution < 1.29 is 42.8 Å². The first-order chi connectivity index (χ1) is 24.1. The van der Waals surface area contributed by atoms with Gasteiger partial charge in [0.05, 0.1) is 88.9 Å². The van der Waals surface area contributed by atoms with Crippen LogP contribution in [0.3, 0.4) is 0 Å².